The summed E-state index contributed by atoms with van der Waals surface area (Å²) in [4.78, 5) is 5.01. The smallest absolute Gasteiger partial charge is 0.138 e. The summed E-state index contributed by atoms with van der Waals surface area (Å²) >= 11 is 12.4. The molecule has 0 saturated carbocycles. The van der Waals surface area contributed by atoms with Crippen molar-refractivity contribution in [1.29, 1.82) is 0 Å². The molecule has 0 fully saturated rings. The molecule has 2 nitrogen and oxygen atoms in total. The standard InChI is InChI=1S/C25H20Cl2N2/c1-25(2,3)24-23-22(16-9-13-18(27)14-10-16)21(15-7-11-17(26)12-8-15)19-5-4-6-20(28-24)29(19)23/h4-14H,1-3H3. The maximum absolute atomic E-state index is 6.19. The molecule has 0 aliphatic rings. The first-order chi connectivity index (χ1) is 13.8. The zero-order chi connectivity index (χ0) is 20.3. The Balaban J connectivity index is 1.99. The number of pyridine rings is 1. The van der Waals surface area contributed by atoms with Crippen molar-refractivity contribution in [3.05, 3.63) is 82.5 Å². The molecule has 0 radical (unpaired) electrons. The molecule has 0 bridgehead atoms. The fourth-order valence-electron chi connectivity index (χ4n) is 4.09. The molecule has 0 N–H and O–H groups in total. The maximum Gasteiger partial charge on any atom is 0.138 e. The van der Waals surface area contributed by atoms with E-state index in [1.807, 2.05) is 24.3 Å². The third-order valence-corrected chi connectivity index (χ3v) is 5.87. The largest absolute Gasteiger partial charge is 0.292 e. The molecule has 0 saturated heterocycles. The van der Waals surface area contributed by atoms with E-state index in [0.717, 1.165) is 43.5 Å². The lowest BCUT2D eigenvalue weighted by Crippen LogP contribution is -2.12. The van der Waals surface area contributed by atoms with Crippen LogP contribution in [0.25, 0.3) is 38.9 Å². The third-order valence-electron chi connectivity index (χ3n) is 5.36. The van der Waals surface area contributed by atoms with Gasteiger partial charge in [0.1, 0.15) is 5.65 Å². The highest BCUT2D eigenvalue weighted by Gasteiger charge is 2.29. The van der Waals surface area contributed by atoms with E-state index in [4.69, 9.17) is 28.2 Å². The minimum atomic E-state index is -0.0915. The van der Waals surface area contributed by atoms with Gasteiger partial charge in [-0.3, -0.25) is 4.40 Å². The molecule has 0 spiro atoms. The minimum Gasteiger partial charge on any atom is -0.292 e. The van der Waals surface area contributed by atoms with E-state index in [2.05, 4.69) is 67.6 Å². The number of imidazole rings is 1. The summed E-state index contributed by atoms with van der Waals surface area (Å²) in [6, 6.07) is 22.4. The highest BCUT2D eigenvalue weighted by atomic mass is 35.5. The average Bonchev–Trinajstić information content (AvgIpc) is 3.23. The Kier molecular flexibility index (Phi) is 4.13. The monoisotopic (exact) mass is 418 g/mol. The van der Waals surface area contributed by atoms with Crippen molar-refractivity contribution >= 4 is 39.9 Å². The first kappa shape index (κ1) is 18.5. The van der Waals surface area contributed by atoms with Crippen molar-refractivity contribution in [3.8, 4) is 22.3 Å². The molecule has 144 valence electrons. The second kappa shape index (κ2) is 6.48. The van der Waals surface area contributed by atoms with Crippen LogP contribution in [0, 0.1) is 0 Å². The number of halogens is 2. The summed E-state index contributed by atoms with van der Waals surface area (Å²) in [5.74, 6) is 0. The lowest BCUT2D eigenvalue weighted by molar-refractivity contribution is 0.579. The Bertz CT molecular complexity index is 1320. The molecular weight excluding hydrogens is 399 g/mol. The van der Waals surface area contributed by atoms with Crippen LogP contribution in [0.3, 0.4) is 0 Å². The van der Waals surface area contributed by atoms with Gasteiger partial charge in [0, 0.05) is 26.6 Å². The molecule has 4 heteroatoms. The van der Waals surface area contributed by atoms with Crippen LogP contribution in [0.5, 0.6) is 0 Å². The molecule has 5 aromatic rings. The normalized spacial score (nSPS) is 12.3. The van der Waals surface area contributed by atoms with E-state index < -0.39 is 0 Å². The van der Waals surface area contributed by atoms with Crippen LogP contribution in [0.15, 0.2) is 66.7 Å². The summed E-state index contributed by atoms with van der Waals surface area (Å²) in [5.41, 5.74) is 8.92. The van der Waals surface area contributed by atoms with Crippen molar-refractivity contribution in [2.24, 2.45) is 0 Å². The number of hydrogen-bond acceptors (Lipinski definition) is 1. The molecule has 0 unspecified atom stereocenters. The fraction of sp³-hybridized carbons (Fsp3) is 0.160. The Morgan fingerprint density at radius 3 is 1.83 bits per heavy atom. The van der Waals surface area contributed by atoms with Gasteiger partial charge in [-0.25, -0.2) is 4.98 Å². The van der Waals surface area contributed by atoms with Crippen molar-refractivity contribution < 1.29 is 0 Å². The Labute approximate surface area is 180 Å². The van der Waals surface area contributed by atoms with Gasteiger partial charge in [0.05, 0.1) is 16.7 Å². The molecule has 3 aromatic heterocycles. The number of rotatable bonds is 2. The average molecular weight is 419 g/mol. The van der Waals surface area contributed by atoms with Crippen LogP contribution in [-0.4, -0.2) is 9.38 Å². The van der Waals surface area contributed by atoms with Crippen LogP contribution in [0.4, 0.5) is 0 Å². The molecule has 5 rings (SSSR count). The van der Waals surface area contributed by atoms with Gasteiger partial charge in [-0.05, 0) is 47.5 Å². The van der Waals surface area contributed by atoms with Crippen molar-refractivity contribution in [2.45, 2.75) is 26.2 Å². The van der Waals surface area contributed by atoms with Crippen LogP contribution in [0.2, 0.25) is 10.0 Å². The lowest BCUT2D eigenvalue weighted by Gasteiger charge is -2.17. The van der Waals surface area contributed by atoms with Crippen LogP contribution < -0.4 is 0 Å². The van der Waals surface area contributed by atoms with Crippen LogP contribution in [-0.2, 0) is 5.41 Å². The van der Waals surface area contributed by atoms with Gasteiger partial charge >= 0.3 is 0 Å². The summed E-state index contributed by atoms with van der Waals surface area (Å²) in [5, 5.41) is 1.46. The maximum atomic E-state index is 6.19. The highest BCUT2D eigenvalue weighted by Crippen LogP contribution is 2.45. The quantitative estimate of drug-likeness (QED) is 0.285. The van der Waals surface area contributed by atoms with Crippen molar-refractivity contribution in [2.75, 3.05) is 0 Å². The molecule has 0 amide bonds. The van der Waals surface area contributed by atoms with E-state index in [9.17, 15) is 0 Å². The van der Waals surface area contributed by atoms with Gasteiger partial charge in [0.15, 0.2) is 0 Å². The summed E-state index contributed by atoms with van der Waals surface area (Å²) in [7, 11) is 0. The predicted molar refractivity (Wildman–Crippen MR) is 123 cm³/mol. The van der Waals surface area contributed by atoms with Crippen molar-refractivity contribution in [1.82, 2.24) is 9.38 Å². The molecular formula is C25H20Cl2N2. The first-order valence-electron chi connectivity index (χ1n) is 9.63. The van der Waals surface area contributed by atoms with E-state index in [-0.39, 0.29) is 5.41 Å². The lowest BCUT2D eigenvalue weighted by atomic mass is 9.88. The van der Waals surface area contributed by atoms with Gasteiger partial charge in [-0.2, -0.15) is 0 Å². The van der Waals surface area contributed by atoms with Crippen LogP contribution in [0.1, 0.15) is 26.5 Å². The van der Waals surface area contributed by atoms with Gasteiger partial charge < -0.3 is 0 Å². The summed E-state index contributed by atoms with van der Waals surface area (Å²) in [6.45, 7) is 6.64. The van der Waals surface area contributed by atoms with Gasteiger partial charge in [-0.15, -0.1) is 0 Å². The zero-order valence-electron chi connectivity index (χ0n) is 16.5. The topological polar surface area (TPSA) is 17.3 Å². The molecule has 0 atom stereocenters. The highest BCUT2D eigenvalue weighted by molar-refractivity contribution is 6.31. The Morgan fingerprint density at radius 1 is 0.724 bits per heavy atom. The second-order valence-electron chi connectivity index (χ2n) is 8.43. The summed E-state index contributed by atoms with van der Waals surface area (Å²) in [6.07, 6.45) is 0. The Morgan fingerprint density at radius 2 is 1.28 bits per heavy atom. The van der Waals surface area contributed by atoms with E-state index in [1.54, 1.807) is 0 Å². The van der Waals surface area contributed by atoms with E-state index >= 15 is 0 Å². The number of aromatic nitrogens is 2. The van der Waals surface area contributed by atoms with E-state index in [0.29, 0.717) is 0 Å². The Hall–Kier alpha value is -2.55. The van der Waals surface area contributed by atoms with Crippen molar-refractivity contribution in [3.63, 3.8) is 0 Å². The fourth-order valence-corrected chi connectivity index (χ4v) is 4.35. The molecule has 0 aliphatic carbocycles. The second-order valence-corrected chi connectivity index (χ2v) is 9.30. The predicted octanol–water partition coefficient (Wildman–Crippen LogP) is 7.86. The SMILES string of the molecule is CC(C)(C)c1nc2cccc3c(-c4ccc(Cl)cc4)c(-c4ccc(Cl)cc4)c1n23. The molecule has 0 aliphatic heterocycles. The zero-order valence-corrected chi connectivity index (χ0v) is 18.0. The third kappa shape index (κ3) is 2.90. The van der Waals surface area contributed by atoms with E-state index in [1.165, 1.54) is 11.1 Å². The number of benzene rings is 2. The first-order valence-corrected chi connectivity index (χ1v) is 10.4. The van der Waals surface area contributed by atoms with Crippen LogP contribution >= 0.6 is 23.2 Å². The summed E-state index contributed by atoms with van der Waals surface area (Å²) < 4.78 is 2.29. The molecule has 29 heavy (non-hydrogen) atoms. The molecule has 3 heterocycles. The van der Waals surface area contributed by atoms with Gasteiger partial charge in [0.25, 0.3) is 0 Å². The minimum absolute atomic E-state index is 0.0915. The number of hydrogen-bond donors (Lipinski definition) is 0. The number of nitrogens with zero attached hydrogens (tertiary/aromatic N) is 2. The van der Waals surface area contributed by atoms with Gasteiger partial charge in [0.2, 0.25) is 0 Å². The molecule has 2 aromatic carbocycles. The van der Waals surface area contributed by atoms with Gasteiger partial charge in [-0.1, -0.05) is 74.3 Å².